The maximum atomic E-state index is 6.34. The Morgan fingerprint density at radius 2 is 1.71 bits per heavy atom. The van der Waals surface area contributed by atoms with Gasteiger partial charge in [-0.15, -0.1) is 0 Å². The average Bonchev–Trinajstić information content (AvgIpc) is 3.04. The molecule has 1 saturated heterocycles. The van der Waals surface area contributed by atoms with Crippen LogP contribution in [0.1, 0.15) is 44.1 Å². The topological polar surface area (TPSA) is 38.5 Å². The van der Waals surface area contributed by atoms with Crippen LogP contribution in [0.3, 0.4) is 0 Å². The largest absolute Gasteiger partial charge is 0.489 e. The molecule has 0 spiro atoms. The summed E-state index contributed by atoms with van der Waals surface area (Å²) in [5.41, 5.74) is 6.90. The fraction of sp³-hybridized carbons (Fsp3) is 0.667. The minimum Gasteiger partial charge on any atom is -0.489 e. The van der Waals surface area contributed by atoms with Gasteiger partial charge >= 0.3 is 0 Å². The molecule has 2 atom stereocenters. The molecular weight excluding hydrogens is 260 g/mol. The van der Waals surface area contributed by atoms with E-state index in [0.29, 0.717) is 18.7 Å². The normalized spacial score (nSPS) is 26.9. The minimum atomic E-state index is 0.372. The van der Waals surface area contributed by atoms with Gasteiger partial charge in [-0.2, -0.15) is 0 Å². The molecule has 3 nitrogen and oxygen atoms in total. The molecule has 21 heavy (non-hydrogen) atoms. The molecule has 0 amide bonds. The summed E-state index contributed by atoms with van der Waals surface area (Å²) in [5.74, 6) is 1.02. The van der Waals surface area contributed by atoms with Crippen molar-refractivity contribution >= 4 is 0 Å². The first-order chi connectivity index (χ1) is 10.4. The highest BCUT2D eigenvalue weighted by Crippen LogP contribution is 2.29. The molecule has 2 unspecified atom stereocenters. The molecule has 116 valence electrons. The smallest absolute Gasteiger partial charge is 0.119 e. The van der Waals surface area contributed by atoms with E-state index in [1.807, 2.05) is 0 Å². The molecule has 0 bridgehead atoms. The highest BCUT2D eigenvalue weighted by atomic mass is 16.5. The van der Waals surface area contributed by atoms with E-state index in [4.69, 9.17) is 10.5 Å². The number of nitrogens with zero attached hydrogens (tertiary/aromatic N) is 1. The van der Waals surface area contributed by atoms with Gasteiger partial charge in [-0.1, -0.05) is 18.6 Å². The Labute approximate surface area is 128 Å². The van der Waals surface area contributed by atoms with Crippen molar-refractivity contribution < 1.29 is 4.74 Å². The van der Waals surface area contributed by atoms with E-state index in [2.05, 4.69) is 29.2 Å². The first kappa shape index (κ1) is 14.9. The lowest BCUT2D eigenvalue weighted by Gasteiger charge is -2.37. The Bertz CT molecular complexity index is 425. The second-order valence-corrected chi connectivity index (χ2v) is 6.43. The Morgan fingerprint density at radius 3 is 2.43 bits per heavy atom. The molecule has 3 heteroatoms. The van der Waals surface area contributed by atoms with Crippen LogP contribution in [-0.4, -0.2) is 36.7 Å². The maximum Gasteiger partial charge on any atom is 0.119 e. The molecule has 0 radical (unpaired) electrons. The van der Waals surface area contributed by atoms with Crippen LogP contribution in [-0.2, 0) is 6.42 Å². The zero-order valence-electron chi connectivity index (χ0n) is 13.0. The predicted octanol–water partition coefficient (Wildman–Crippen LogP) is 2.97. The minimum absolute atomic E-state index is 0.372. The molecule has 2 aliphatic rings. The molecule has 3 rings (SSSR count). The lowest BCUT2D eigenvalue weighted by atomic mass is 9.91. The Morgan fingerprint density at radius 1 is 1.00 bits per heavy atom. The van der Waals surface area contributed by atoms with Gasteiger partial charge in [-0.25, -0.2) is 0 Å². The van der Waals surface area contributed by atoms with Crippen LogP contribution in [0.5, 0.6) is 5.75 Å². The maximum absolute atomic E-state index is 6.34. The van der Waals surface area contributed by atoms with Crippen molar-refractivity contribution in [3.8, 4) is 5.75 Å². The fourth-order valence-corrected chi connectivity index (χ4v) is 3.78. The van der Waals surface area contributed by atoms with E-state index >= 15 is 0 Å². The molecule has 0 aromatic heterocycles. The number of hydrogen-bond donors (Lipinski definition) is 1. The lowest BCUT2D eigenvalue weighted by molar-refractivity contribution is 0.0485. The van der Waals surface area contributed by atoms with Crippen LogP contribution in [0.2, 0.25) is 0 Å². The van der Waals surface area contributed by atoms with Crippen LogP contribution < -0.4 is 10.5 Å². The average molecular weight is 288 g/mol. The number of hydrogen-bond acceptors (Lipinski definition) is 3. The molecule has 1 aromatic rings. The van der Waals surface area contributed by atoms with Gasteiger partial charge in [0.25, 0.3) is 0 Å². The number of ether oxygens (including phenoxy) is 1. The third kappa shape index (κ3) is 3.78. The number of rotatable bonds is 5. The second kappa shape index (κ2) is 7.28. The van der Waals surface area contributed by atoms with Crippen molar-refractivity contribution in [2.24, 2.45) is 5.73 Å². The molecule has 2 N–H and O–H groups in total. The van der Waals surface area contributed by atoms with Crippen molar-refractivity contribution in [2.45, 2.75) is 57.1 Å². The Hall–Kier alpha value is -1.06. The van der Waals surface area contributed by atoms with E-state index in [1.54, 1.807) is 0 Å². The fourth-order valence-electron chi connectivity index (χ4n) is 3.78. The molecule has 1 heterocycles. The zero-order valence-corrected chi connectivity index (χ0v) is 13.0. The van der Waals surface area contributed by atoms with E-state index in [9.17, 15) is 0 Å². The van der Waals surface area contributed by atoms with Gasteiger partial charge in [0, 0.05) is 6.04 Å². The summed E-state index contributed by atoms with van der Waals surface area (Å²) in [5, 5.41) is 0. The van der Waals surface area contributed by atoms with E-state index in [1.165, 1.54) is 57.2 Å². The summed E-state index contributed by atoms with van der Waals surface area (Å²) in [6.45, 7) is 3.24. The summed E-state index contributed by atoms with van der Waals surface area (Å²) in [7, 11) is 0. The summed E-state index contributed by atoms with van der Waals surface area (Å²) >= 11 is 0. The van der Waals surface area contributed by atoms with E-state index in [0.717, 1.165) is 12.2 Å². The molecule has 1 aliphatic carbocycles. The number of benzene rings is 1. The van der Waals surface area contributed by atoms with Crippen molar-refractivity contribution in [1.82, 2.24) is 4.90 Å². The predicted molar refractivity (Wildman–Crippen MR) is 86.7 cm³/mol. The molecule has 2 fully saturated rings. The summed E-state index contributed by atoms with van der Waals surface area (Å²) in [6, 6.07) is 9.15. The van der Waals surface area contributed by atoms with Crippen LogP contribution in [0, 0.1) is 0 Å². The van der Waals surface area contributed by atoms with Crippen LogP contribution in [0.25, 0.3) is 0 Å². The van der Waals surface area contributed by atoms with Gasteiger partial charge in [0.1, 0.15) is 11.9 Å². The number of likely N-dealkylation sites (tertiary alicyclic amines) is 1. The zero-order chi connectivity index (χ0) is 14.5. The summed E-state index contributed by atoms with van der Waals surface area (Å²) < 4.78 is 6.34. The van der Waals surface area contributed by atoms with Gasteiger partial charge in [0.2, 0.25) is 0 Å². The van der Waals surface area contributed by atoms with Gasteiger partial charge in [0.05, 0.1) is 0 Å². The van der Waals surface area contributed by atoms with Crippen molar-refractivity contribution in [1.29, 1.82) is 0 Å². The van der Waals surface area contributed by atoms with E-state index < -0.39 is 0 Å². The van der Waals surface area contributed by atoms with Gasteiger partial charge in [0.15, 0.2) is 0 Å². The summed E-state index contributed by atoms with van der Waals surface area (Å²) in [6.07, 6.45) is 9.20. The molecule has 1 aromatic carbocycles. The van der Waals surface area contributed by atoms with Gasteiger partial charge < -0.3 is 10.5 Å². The van der Waals surface area contributed by atoms with Crippen molar-refractivity contribution in [3.63, 3.8) is 0 Å². The van der Waals surface area contributed by atoms with Gasteiger partial charge in [-0.3, -0.25) is 4.90 Å². The third-order valence-electron chi connectivity index (χ3n) is 4.92. The Balaban J connectivity index is 1.63. The van der Waals surface area contributed by atoms with Crippen LogP contribution >= 0.6 is 0 Å². The van der Waals surface area contributed by atoms with Crippen LogP contribution in [0.15, 0.2) is 24.3 Å². The number of nitrogens with two attached hydrogens (primary N) is 1. The van der Waals surface area contributed by atoms with Gasteiger partial charge in [-0.05, 0) is 75.9 Å². The quantitative estimate of drug-likeness (QED) is 0.905. The third-order valence-corrected chi connectivity index (χ3v) is 4.92. The first-order valence-electron chi connectivity index (χ1n) is 8.56. The van der Waals surface area contributed by atoms with Crippen molar-refractivity contribution in [3.05, 3.63) is 29.8 Å². The van der Waals surface area contributed by atoms with Crippen LogP contribution in [0.4, 0.5) is 0 Å². The highest BCUT2D eigenvalue weighted by molar-refractivity contribution is 5.27. The molecule has 1 aliphatic heterocycles. The highest BCUT2D eigenvalue weighted by Gasteiger charge is 2.32. The standard InChI is InChI=1S/C18H28N2O/c19-12-11-15-7-9-16(10-8-15)21-18-6-2-1-5-17(18)20-13-3-4-14-20/h7-10,17-18H,1-6,11-14,19H2. The Kier molecular flexibility index (Phi) is 5.15. The van der Waals surface area contributed by atoms with Crippen molar-refractivity contribution in [2.75, 3.05) is 19.6 Å². The first-order valence-corrected chi connectivity index (χ1v) is 8.56. The van der Waals surface area contributed by atoms with E-state index in [-0.39, 0.29) is 0 Å². The lowest BCUT2D eigenvalue weighted by Crippen LogP contribution is -2.46. The second-order valence-electron chi connectivity index (χ2n) is 6.43. The molecular formula is C18H28N2O. The summed E-state index contributed by atoms with van der Waals surface area (Å²) in [4.78, 5) is 2.66. The molecule has 1 saturated carbocycles. The monoisotopic (exact) mass is 288 g/mol. The SMILES string of the molecule is NCCc1ccc(OC2CCCCC2N2CCCC2)cc1.